The standard InChI is InChI=1S/C16H20N6O7S2.C4H4S/c1-4-30(24,25)13-14(22-8-6-5-7-10(22)17-13)31(26,27)21-16(23)20-15-18-11(28-2)9-12(19-15)29-3;1-2-4-5-3-1/h5-7,9,14H,4,8H2,1-3H3,(H2,18,19,20,21,23);1-4H. The third-order valence-corrected chi connectivity index (χ3v) is 8.70. The molecule has 2 aliphatic heterocycles. The van der Waals surface area contributed by atoms with E-state index in [9.17, 15) is 21.6 Å². The van der Waals surface area contributed by atoms with Gasteiger partial charge in [0.2, 0.25) is 23.1 Å². The van der Waals surface area contributed by atoms with Crippen LogP contribution in [-0.4, -0.2) is 74.7 Å². The van der Waals surface area contributed by atoms with Crippen molar-refractivity contribution in [3.05, 3.63) is 53.0 Å². The fourth-order valence-electron chi connectivity index (χ4n) is 3.02. The van der Waals surface area contributed by atoms with Crippen molar-refractivity contribution in [2.75, 3.05) is 31.8 Å². The summed E-state index contributed by atoms with van der Waals surface area (Å²) in [5.74, 6) is -0.327. The number of allylic oxidation sites excluding steroid dienone is 2. The molecular weight excluding hydrogens is 532 g/mol. The van der Waals surface area contributed by atoms with Crippen molar-refractivity contribution in [3.8, 4) is 11.8 Å². The number of nitrogens with one attached hydrogen (secondary N) is 2. The summed E-state index contributed by atoms with van der Waals surface area (Å²) in [4.78, 5) is 25.4. The number of carbonyl (C=O) groups excluding carboxylic acids is 1. The largest absolute Gasteiger partial charge is 0.481 e. The van der Waals surface area contributed by atoms with Crippen LogP contribution in [0.4, 0.5) is 10.7 Å². The molecule has 0 saturated heterocycles. The van der Waals surface area contributed by atoms with E-state index in [2.05, 4.69) is 20.3 Å². The summed E-state index contributed by atoms with van der Waals surface area (Å²) in [6.07, 6.45) is 4.76. The first-order chi connectivity index (χ1) is 17.1. The maximum absolute atomic E-state index is 13.0. The number of fused-ring (bicyclic) bond motifs is 1. The highest BCUT2D eigenvalue weighted by Gasteiger charge is 2.47. The zero-order valence-corrected chi connectivity index (χ0v) is 21.9. The van der Waals surface area contributed by atoms with Crippen molar-refractivity contribution in [1.29, 1.82) is 0 Å². The van der Waals surface area contributed by atoms with Crippen LogP contribution < -0.4 is 19.5 Å². The molecule has 0 bridgehead atoms. The van der Waals surface area contributed by atoms with Gasteiger partial charge in [-0.1, -0.05) is 31.2 Å². The molecule has 13 nitrogen and oxygen atoms in total. The Morgan fingerprint density at radius 3 is 2.31 bits per heavy atom. The van der Waals surface area contributed by atoms with Crippen molar-refractivity contribution >= 4 is 48.2 Å². The number of methoxy groups -OCH3 is 2. The average Bonchev–Trinajstić information content (AvgIpc) is 3.55. The third kappa shape index (κ3) is 6.38. The van der Waals surface area contributed by atoms with Crippen LogP contribution in [0.25, 0.3) is 0 Å². The highest BCUT2D eigenvalue weighted by atomic mass is 32.2. The van der Waals surface area contributed by atoms with Crippen molar-refractivity contribution in [3.63, 3.8) is 0 Å². The van der Waals surface area contributed by atoms with E-state index in [1.165, 1.54) is 38.2 Å². The molecule has 4 heterocycles. The van der Waals surface area contributed by atoms with Gasteiger partial charge in [-0.05, 0) is 16.8 Å². The maximum Gasteiger partial charge on any atom is 0.335 e. The molecule has 2 N–H and O–H groups in total. The number of aliphatic imine (C=N–C) groups is 1. The molecule has 0 radical (unpaired) electrons. The summed E-state index contributed by atoms with van der Waals surface area (Å²) >= 11 is 1.71. The van der Waals surface area contributed by atoms with Crippen LogP contribution in [0.1, 0.15) is 6.92 Å². The van der Waals surface area contributed by atoms with E-state index in [0.29, 0.717) is 0 Å². The van der Waals surface area contributed by atoms with E-state index in [1.807, 2.05) is 22.9 Å². The van der Waals surface area contributed by atoms with Gasteiger partial charge in [0.1, 0.15) is 5.82 Å². The number of carbonyl (C=O) groups is 1. The minimum Gasteiger partial charge on any atom is -0.481 e. The van der Waals surface area contributed by atoms with Gasteiger partial charge in [-0.15, -0.1) is 0 Å². The Balaban J connectivity index is 0.000000642. The van der Waals surface area contributed by atoms with Gasteiger partial charge in [0.05, 0.1) is 26.0 Å². The Morgan fingerprint density at radius 1 is 1.14 bits per heavy atom. The smallest absolute Gasteiger partial charge is 0.335 e. The summed E-state index contributed by atoms with van der Waals surface area (Å²) in [5, 5.41) is 3.99. The summed E-state index contributed by atoms with van der Waals surface area (Å²) in [6, 6.07) is 4.19. The number of amides is 2. The van der Waals surface area contributed by atoms with Crippen LogP contribution in [0, 0.1) is 0 Å². The lowest BCUT2D eigenvalue weighted by Gasteiger charge is -2.27. The van der Waals surface area contributed by atoms with Crippen molar-refractivity contribution in [2.45, 2.75) is 12.3 Å². The quantitative estimate of drug-likeness (QED) is 0.533. The lowest BCUT2D eigenvalue weighted by molar-refractivity contribution is 0.256. The highest BCUT2D eigenvalue weighted by Crippen LogP contribution is 2.29. The minimum atomic E-state index is -4.56. The molecule has 194 valence electrons. The summed E-state index contributed by atoms with van der Waals surface area (Å²) in [7, 11) is -5.86. The molecule has 0 aromatic carbocycles. The molecule has 2 aromatic rings. The molecule has 2 aromatic heterocycles. The van der Waals surface area contributed by atoms with E-state index >= 15 is 0 Å². The number of hydrogen-bond donors (Lipinski definition) is 2. The summed E-state index contributed by atoms with van der Waals surface area (Å²) in [6.45, 7) is 1.47. The topological polar surface area (TPSA) is 169 Å². The molecule has 0 aliphatic carbocycles. The van der Waals surface area contributed by atoms with E-state index in [0.717, 1.165) is 0 Å². The van der Waals surface area contributed by atoms with Gasteiger partial charge >= 0.3 is 6.03 Å². The third-order valence-electron chi connectivity index (χ3n) is 4.67. The molecule has 16 heteroatoms. The summed E-state index contributed by atoms with van der Waals surface area (Å²) < 4.78 is 62.7. The van der Waals surface area contributed by atoms with Crippen molar-refractivity contribution in [1.82, 2.24) is 19.6 Å². The fourth-order valence-corrected chi connectivity index (χ4v) is 6.52. The first-order valence-corrected chi connectivity index (χ1v) is 14.5. The zero-order valence-electron chi connectivity index (χ0n) is 19.5. The first kappa shape index (κ1) is 27.1. The van der Waals surface area contributed by atoms with Gasteiger partial charge in [-0.2, -0.15) is 21.3 Å². The molecular formula is C20H24N6O7S3. The van der Waals surface area contributed by atoms with Crippen LogP contribution >= 0.6 is 11.3 Å². The van der Waals surface area contributed by atoms with Gasteiger partial charge in [0.25, 0.3) is 10.0 Å². The first-order valence-electron chi connectivity index (χ1n) is 10.3. The number of thiophene rings is 1. The van der Waals surface area contributed by atoms with Gasteiger partial charge in [0.15, 0.2) is 14.9 Å². The van der Waals surface area contributed by atoms with E-state index in [4.69, 9.17) is 9.47 Å². The highest BCUT2D eigenvalue weighted by molar-refractivity contribution is 8.08. The number of sulfone groups is 1. The Kier molecular flexibility index (Phi) is 8.65. The molecule has 0 spiro atoms. The molecule has 4 rings (SSSR count). The number of hydrogen-bond acceptors (Lipinski definition) is 12. The Bertz CT molecular complexity index is 1350. The molecule has 0 saturated carbocycles. The number of sulfonamides is 1. The lowest BCUT2D eigenvalue weighted by Crippen LogP contribution is -2.51. The lowest BCUT2D eigenvalue weighted by atomic mass is 10.3. The monoisotopic (exact) mass is 556 g/mol. The number of rotatable bonds is 6. The number of nitrogens with zero attached hydrogens (tertiary/aromatic N) is 4. The molecule has 2 aliphatic rings. The number of anilines is 1. The zero-order chi connectivity index (χ0) is 26.3. The number of urea groups is 1. The second-order valence-electron chi connectivity index (χ2n) is 6.98. The fraction of sp³-hybridized carbons (Fsp3) is 0.300. The van der Waals surface area contributed by atoms with E-state index < -0.39 is 36.3 Å². The molecule has 36 heavy (non-hydrogen) atoms. The van der Waals surface area contributed by atoms with Crippen molar-refractivity contribution < 1.29 is 31.1 Å². The number of ether oxygens (including phenoxy) is 2. The Hall–Kier alpha value is -3.50. The number of aromatic nitrogens is 2. The van der Waals surface area contributed by atoms with E-state index in [-0.39, 0.29) is 35.8 Å². The average molecular weight is 557 g/mol. The molecule has 2 amide bonds. The second-order valence-corrected chi connectivity index (χ2v) is 11.8. The van der Waals surface area contributed by atoms with E-state index in [1.54, 1.807) is 28.2 Å². The van der Waals surface area contributed by atoms with Crippen LogP contribution in [0.3, 0.4) is 0 Å². The van der Waals surface area contributed by atoms with Gasteiger partial charge < -0.3 is 14.4 Å². The summed E-state index contributed by atoms with van der Waals surface area (Å²) in [5.41, 5.74) is 0. The molecule has 0 fully saturated rings. The van der Waals surface area contributed by atoms with Gasteiger partial charge in [0, 0.05) is 6.54 Å². The Morgan fingerprint density at radius 2 is 1.78 bits per heavy atom. The van der Waals surface area contributed by atoms with Crippen LogP contribution in [-0.2, 0) is 19.9 Å². The predicted molar refractivity (Wildman–Crippen MR) is 135 cm³/mol. The minimum absolute atomic E-state index is 0.0686. The SMILES string of the molecule is CCS(=O)(=O)C1=NC2=CC=CCN2C1S(=O)(=O)NC(=O)Nc1nc(OC)cc(OC)n1.c1ccsc1. The normalized spacial score (nSPS) is 16.6. The molecule has 1 unspecified atom stereocenters. The Labute approximate surface area is 212 Å². The molecule has 1 atom stereocenters. The van der Waals surface area contributed by atoms with Crippen LogP contribution in [0.5, 0.6) is 11.8 Å². The van der Waals surface area contributed by atoms with Gasteiger partial charge in [-0.3, -0.25) is 5.32 Å². The van der Waals surface area contributed by atoms with Gasteiger partial charge in [-0.25, -0.2) is 31.3 Å². The second kappa shape index (κ2) is 11.5. The van der Waals surface area contributed by atoms with Crippen molar-refractivity contribution in [2.24, 2.45) is 4.99 Å². The van der Waals surface area contributed by atoms with Crippen LogP contribution in [0.15, 0.2) is 58.0 Å². The van der Waals surface area contributed by atoms with Crippen LogP contribution in [0.2, 0.25) is 0 Å². The predicted octanol–water partition coefficient (Wildman–Crippen LogP) is 1.58. The maximum atomic E-state index is 13.0.